The van der Waals surface area contributed by atoms with Crippen LogP contribution in [0.2, 0.25) is 0 Å². The number of imide groups is 1. The van der Waals surface area contributed by atoms with Crippen LogP contribution in [-0.4, -0.2) is 34.3 Å². The maximum atomic E-state index is 13.4. The summed E-state index contributed by atoms with van der Waals surface area (Å²) in [5.74, 6) is -0.538. The molecule has 7 nitrogen and oxygen atoms in total. The molecule has 0 fully saturated rings. The lowest BCUT2D eigenvalue weighted by Gasteiger charge is -2.11. The Balaban J connectivity index is 1.78. The van der Waals surface area contributed by atoms with Crippen LogP contribution < -0.4 is 16.2 Å². The summed E-state index contributed by atoms with van der Waals surface area (Å²) in [4.78, 5) is 43.1. The Morgan fingerprint density at radius 2 is 1.74 bits per heavy atom. The highest BCUT2D eigenvalue weighted by Crippen LogP contribution is 2.32. The van der Waals surface area contributed by atoms with Crippen LogP contribution in [0.3, 0.4) is 0 Å². The molecule has 0 aliphatic heterocycles. The Kier molecular flexibility index (Phi) is 6.15. The van der Waals surface area contributed by atoms with Crippen LogP contribution in [0.4, 0.5) is 4.79 Å². The van der Waals surface area contributed by atoms with Crippen molar-refractivity contribution < 1.29 is 9.59 Å². The fourth-order valence-electron chi connectivity index (χ4n) is 2.96. The molecule has 3 amide bonds. The van der Waals surface area contributed by atoms with Crippen molar-refractivity contribution >= 4 is 45.3 Å². The molecule has 4 rings (SSSR count). The first-order chi connectivity index (χ1) is 15.1. The minimum Gasteiger partial charge on any atom is -0.341 e. The van der Waals surface area contributed by atoms with E-state index < -0.39 is 11.9 Å². The number of urea groups is 1. The van der Waals surface area contributed by atoms with Gasteiger partial charge in [0.05, 0.1) is 16.8 Å². The molecular weight excluding hydrogens is 432 g/mol. The molecule has 0 aliphatic carbocycles. The fraction of sp³-hybridized carbons (Fsp3) is 0.0909. The van der Waals surface area contributed by atoms with E-state index in [1.165, 1.54) is 23.0 Å². The normalized spacial score (nSPS) is 10.7. The van der Waals surface area contributed by atoms with E-state index in [2.05, 4.69) is 10.6 Å². The second kappa shape index (κ2) is 9.15. The van der Waals surface area contributed by atoms with Gasteiger partial charge in [0.25, 0.3) is 5.56 Å². The number of hydrogen-bond donors (Lipinski definition) is 2. The second-order valence-corrected chi connectivity index (χ2v) is 8.46. The topological polar surface area (TPSA) is 93.1 Å². The van der Waals surface area contributed by atoms with Crippen molar-refractivity contribution in [3.63, 3.8) is 0 Å². The van der Waals surface area contributed by atoms with E-state index in [0.29, 0.717) is 21.1 Å². The third kappa shape index (κ3) is 4.52. The summed E-state index contributed by atoms with van der Waals surface area (Å²) >= 11 is 2.53. The van der Waals surface area contributed by atoms with Gasteiger partial charge in [-0.15, -0.1) is 11.3 Å². The SMILES string of the molecule is CNC(=O)NC(=O)CSc1nc2sc(-c3ccccc3)cc2c(=O)n1-c1ccccc1. The van der Waals surface area contributed by atoms with Crippen molar-refractivity contribution in [3.05, 3.63) is 77.1 Å². The monoisotopic (exact) mass is 450 g/mol. The van der Waals surface area contributed by atoms with E-state index in [0.717, 1.165) is 22.2 Å². The lowest BCUT2D eigenvalue weighted by molar-refractivity contribution is -0.117. The van der Waals surface area contributed by atoms with Gasteiger partial charge in [0.1, 0.15) is 4.83 Å². The smallest absolute Gasteiger partial charge is 0.321 e. The van der Waals surface area contributed by atoms with E-state index in [4.69, 9.17) is 4.98 Å². The van der Waals surface area contributed by atoms with Crippen LogP contribution in [0.15, 0.2) is 76.7 Å². The zero-order chi connectivity index (χ0) is 21.8. The van der Waals surface area contributed by atoms with Gasteiger partial charge < -0.3 is 5.32 Å². The van der Waals surface area contributed by atoms with Crippen LogP contribution in [-0.2, 0) is 4.79 Å². The van der Waals surface area contributed by atoms with Gasteiger partial charge in [-0.1, -0.05) is 60.3 Å². The number of fused-ring (bicyclic) bond motifs is 1. The first-order valence-corrected chi connectivity index (χ1v) is 11.2. The average molecular weight is 451 g/mol. The van der Waals surface area contributed by atoms with E-state index in [9.17, 15) is 14.4 Å². The van der Waals surface area contributed by atoms with Gasteiger partial charge in [-0.2, -0.15) is 0 Å². The van der Waals surface area contributed by atoms with Gasteiger partial charge >= 0.3 is 6.03 Å². The summed E-state index contributed by atoms with van der Waals surface area (Å²) < 4.78 is 1.50. The number of thiophene rings is 1. The van der Waals surface area contributed by atoms with Crippen LogP contribution in [0.25, 0.3) is 26.3 Å². The van der Waals surface area contributed by atoms with Crippen molar-refractivity contribution in [2.75, 3.05) is 12.8 Å². The van der Waals surface area contributed by atoms with Gasteiger partial charge in [0.15, 0.2) is 5.16 Å². The molecule has 9 heteroatoms. The summed E-state index contributed by atoms with van der Waals surface area (Å²) in [6.07, 6.45) is 0. The molecule has 4 aromatic rings. The Morgan fingerprint density at radius 1 is 1.06 bits per heavy atom. The first-order valence-electron chi connectivity index (χ1n) is 9.38. The number of amides is 3. The fourth-order valence-corrected chi connectivity index (χ4v) is 4.85. The first kappa shape index (κ1) is 20.8. The molecule has 0 unspecified atom stereocenters. The van der Waals surface area contributed by atoms with E-state index in [1.807, 2.05) is 66.7 Å². The highest BCUT2D eigenvalue weighted by Gasteiger charge is 2.18. The maximum Gasteiger partial charge on any atom is 0.321 e. The van der Waals surface area contributed by atoms with Gasteiger partial charge in [0.2, 0.25) is 5.91 Å². The number of aromatic nitrogens is 2. The number of hydrogen-bond acceptors (Lipinski definition) is 6. The highest BCUT2D eigenvalue weighted by atomic mass is 32.2. The number of para-hydroxylation sites is 1. The molecule has 0 saturated heterocycles. The number of nitrogens with zero attached hydrogens (tertiary/aromatic N) is 2. The molecule has 0 spiro atoms. The highest BCUT2D eigenvalue weighted by molar-refractivity contribution is 7.99. The van der Waals surface area contributed by atoms with Gasteiger partial charge in [0, 0.05) is 11.9 Å². The Bertz CT molecular complexity index is 1300. The van der Waals surface area contributed by atoms with E-state index in [1.54, 1.807) is 0 Å². The molecule has 0 radical (unpaired) electrons. The zero-order valence-corrected chi connectivity index (χ0v) is 18.1. The summed E-state index contributed by atoms with van der Waals surface area (Å²) in [5.41, 5.74) is 1.46. The van der Waals surface area contributed by atoms with Crippen molar-refractivity contribution in [2.45, 2.75) is 5.16 Å². The number of rotatable bonds is 5. The number of carbonyl (C=O) groups is 2. The Morgan fingerprint density at radius 3 is 2.42 bits per heavy atom. The summed E-state index contributed by atoms with van der Waals surface area (Å²) in [5, 5.41) is 5.45. The molecule has 31 heavy (non-hydrogen) atoms. The zero-order valence-electron chi connectivity index (χ0n) is 16.5. The van der Waals surface area contributed by atoms with Crippen molar-refractivity contribution in [2.24, 2.45) is 0 Å². The molecule has 0 saturated carbocycles. The van der Waals surface area contributed by atoms with Gasteiger partial charge in [-0.3, -0.25) is 19.5 Å². The molecule has 0 atom stereocenters. The number of carbonyl (C=O) groups excluding carboxylic acids is 2. The van der Waals surface area contributed by atoms with E-state index in [-0.39, 0.29) is 11.3 Å². The Hall–Kier alpha value is -3.43. The van der Waals surface area contributed by atoms with Crippen LogP contribution in [0.1, 0.15) is 0 Å². The van der Waals surface area contributed by atoms with Crippen LogP contribution >= 0.6 is 23.1 Å². The largest absolute Gasteiger partial charge is 0.341 e. The minimum absolute atomic E-state index is 0.0604. The predicted molar refractivity (Wildman–Crippen MR) is 124 cm³/mol. The summed E-state index contributed by atoms with van der Waals surface area (Å²) in [6, 6.07) is 20.2. The maximum absolute atomic E-state index is 13.4. The second-order valence-electron chi connectivity index (χ2n) is 6.48. The van der Waals surface area contributed by atoms with Gasteiger partial charge in [-0.25, -0.2) is 9.78 Å². The number of thioether (sulfide) groups is 1. The third-order valence-corrected chi connectivity index (χ3v) is 6.44. The van der Waals surface area contributed by atoms with Crippen molar-refractivity contribution in [3.8, 4) is 16.1 Å². The molecule has 0 bridgehead atoms. The summed E-state index contributed by atoms with van der Waals surface area (Å²) in [7, 11) is 1.43. The molecular formula is C22H18N4O3S2. The Labute approximate surface area is 186 Å². The van der Waals surface area contributed by atoms with Gasteiger partial charge in [-0.05, 0) is 23.8 Å². The standard InChI is InChI=1S/C22H18N4O3S2/c1-23-21(29)24-18(27)13-30-22-25-19-16(12-17(31-19)14-8-4-2-5-9-14)20(28)26(22)15-10-6-3-7-11-15/h2-12H,13H2,1H3,(H2,23,24,27,29). The average Bonchev–Trinajstić information content (AvgIpc) is 3.23. The molecule has 156 valence electrons. The lowest BCUT2D eigenvalue weighted by atomic mass is 10.2. The molecule has 2 aromatic heterocycles. The van der Waals surface area contributed by atoms with Crippen LogP contribution in [0, 0.1) is 0 Å². The minimum atomic E-state index is -0.583. The van der Waals surface area contributed by atoms with Crippen molar-refractivity contribution in [1.82, 2.24) is 20.2 Å². The lowest BCUT2D eigenvalue weighted by Crippen LogP contribution is -2.38. The van der Waals surface area contributed by atoms with Crippen LogP contribution in [0.5, 0.6) is 0 Å². The molecule has 2 N–H and O–H groups in total. The predicted octanol–water partition coefficient (Wildman–Crippen LogP) is 3.66. The summed E-state index contributed by atoms with van der Waals surface area (Å²) in [6.45, 7) is 0. The molecule has 0 aliphatic rings. The molecule has 2 heterocycles. The quantitative estimate of drug-likeness (QED) is 0.358. The molecule has 2 aromatic carbocycles. The number of benzene rings is 2. The van der Waals surface area contributed by atoms with Crippen molar-refractivity contribution in [1.29, 1.82) is 0 Å². The third-order valence-electron chi connectivity index (χ3n) is 4.42. The van der Waals surface area contributed by atoms with E-state index >= 15 is 0 Å². The number of nitrogens with one attached hydrogen (secondary N) is 2.